The lowest BCUT2D eigenvalue weighted by Crippen LogP contribution is -2.48. The van der Waals surface area contributed by atoms with E-state index in [1.807, 2.05) is 10.3 Å². The highest BCUT2D eigenvalue weighted by atomic mass is 32.1. The molecule has 14 heteroatoms. The number of carboxylic acid groups (broad SMARTS) is 2. The lowest BCUT2D eigenvalue weighted by molar-refractivity contribution is -0.159. The number of amides is 1. The Kier molecular flexibility index (Phi) is 6.71. The molecule has 0 aliphatic carbocycles. The minimum absolute atomic E-state index is 0.0766. The van der Waals surface area contributed by atoms with Crippen molar-refractivity contribution in [2.24, 2.45) is 0 Å². The van der Waals surface area contributed by atoms with Crippen molar-refractivity contribution in [1.29, 1.82) is 0 Å². The second-order valence-electron chi connectivity index (χ2n) is 5.92. The molecule has 0 aromatic carbocycles. The number of thiazole rings is 1. The maximum atomic E-state index is 11.9. The zero-order valence-corrected chi connectivity index (χ0v) is 16.0. The summed E-state index contributed by atoms with van der Waals surface area (Å²) in [5.74, 6) is -2.23. The smallest absolute Gasteiger partial charge is 0.414 e. The van der Waals surface area contributed by atoms with Gasteiger partial charge >= 0.3 is 11.9 Å². The van der Waals surface area contributed by atoms with E-state index in [2.05, 4.69) is 30.4 Å². The van der Waals surface area contributed by atoms with E-state index in [0.717, 1.165) is 0 Å². The molecule has 1 fully saturated rings. The SMILES string of the molecule is O=C(CN1CC(c2nc(-c3ncccn3)no2)C1)Nc1nccs1.O=C(O)C(=O)O. The fraction of sp³-hybridized carbons (Fsp3) is 0.250. The molecule has 0 unspecified atom stereocenters. The van der Waals surface area contributed by atoms with Gasteiger partial charge in [-0.1, -0.05) is 5.16 Å². The molecule has 0 bridgehead atoms. The topological polar surface area (TPSA) is 185 Å². The molecule has 0 radical (unpaired) electrons. The molecule has 30 heavy (non-hydrogen) atoms. The van der Waals surface area contributed by atoms with Crippen molar-refractivity contribution >= 4 is 34.3 Å². The first-order chi connectivity index (χ1) is 14.4. The van der Waals surface area contributed by atoms with Gasteiger partial charge < -0.3 is 20.1 Å². The van der Waals surface area contributed by atoms with E-state index in [-0.39, 0.29) is 11.8 Å². The number of carbonyl (C=O) groups excluding carboxylic acids is 1. The molecular formula is C16H15N7O6S. The van der Waals surface area contributed by atoms with Crippen molar-refractivity contribution in [1.82, 2.24) is 30.0 Å². The third kappa shape index (κ3) is 5.62. The van der Waals surface area contributed by atoms with E-state index in [1.54, 1.807) is 24.7 Å². The minimum Gasteiger partial charge on any atom is -0.473 e. The van der Waals surface area contributed by atoms with E-state index >= 15 is 0 Å². The Bertz CT molecular complexity index is 992. The predicted octanol–water partition coefficient (Wildman–Crippen LogP) is 0.177. The first kappa shape index (κ1) is 20.9. The lowest BCUT2D eigenvalue weighted by Gasteiger charge is -2.36. The molecule has 0 spiro atoms. The number of likely N-dealkylation sites (tertiary alicyclic amines) is 1. The van der Waals surface area contributed by atoms with Gasteiger partial charge in [-0.15, -0.1) is 11.3 Å². The summed E-state index contributed by atoms with van der Waals surface area (Å²) in [5.41, 5.74) is 0. The van der Waals surface area contributed by atoms with E-state index in [9.17, 15) is 4.79 Å². The number of nitrogens with zero attached hydrogens (tertiary/aromatic N) is 6. The van der Waals surface area contributed by atoms with Crippen LogP contribution in [0, 0.1) is 0 Å². The standard InChI is InChI=1S/C14H13N7O2S.C2H2O4/c22-10(18-14-17-4-5-24-14)8-21-6-9(7-21)13-19-12(20-23-13)11-15-2-1-3-16-11;3-1(4)2(5)6/h1-5,9H,6-8H2,(H,17,18,22);(H,3,4)(H,5,6). The summed E-state index contributed by atoms with van der Waals surface area (Å²) >= 11 is 1.40. The molecule has 0 atom stereocenters. The molecule has 3 N–H and O–H groups in total. The number of carbonyl (C=O) groups is 3. The highest BCUT2D eigenvalue weighted by Crippen LogP contribution is 2.26. The second-order valence-corrected chi connectivity index (χ2v) is 6.81. The van der Waals surface area contributed by atoms with Gasteiger partial charge in [-0.2, -0.15) is 4.98 Å². The lowest BCUT2D eigenvalue weighted by atomic mass is 10.0. The summed E-state index contributed by atoms with van der Waals surface area (Å²) in [4.78, 5) is 48.6. The molecule has 0 saturated carbocycles. The highest BCUT2D eigenvalue weighted by Gasteiger charge is 2.33. The van der Waals surface area contributed by atoms with Gasteiger partial charge in [0.1, 0.15) is 0 Å². The highest BCUT2D eigenvalue weighted by molar-refractivity contribution is 7.13. The van der Waals surface area contributed by atoms with E-state index in [4.69, 9.17) is 24.3 Å². The second kappa shape index (κ2) is 9.62. The largest absolute Gasteiger partial charge is 0.473 e. The summed E-state index contributed by atoms with van der Waals surface area (Å²) in [6, 6.07) is 1.73. The van der Waals surface area contributed by atoms with Gasteiger partial charge in [-0.25, -0.2) is 24.5 Å². The Morgan fingerprint density at radius 1 is 1.10 bits per heavy atom. The summed E-state index contributed by atoms with van der Waals surface area (Å²) in [6.45, 7) is 1.71. The van der Waals surface area contributed by atoms with Crippen LogP contribution in [0.1, 0.15) is 11.8 Å². The van der Waals surface area contributed by atoms with Crippen molar-refractivity contribution in [3.63, 3.8) is 0 Å². The Balaban J connectivity index is 0.000000377. The molecule has 4 heterocycles. The van der Waals surface area contributed by atoms with Crippen molar-refractivity contribution < 1.29 is 29.1 Å². The number of carboxylic acids is 2. The van der Waals surface area contributed by atoms with Crippen molar-refractivity contribution in [2.45, 2.75) is 5.92 Å². The summed E-state index contributed by atoms with van der Waals surface area (Å²) in [6.07, 6.45) is 4.92. The van der Waals surface area contributed by atoms with Crippen LogP contribution < -0.4 is 5.32 Å². The van der Waals surface area contributed by atoms with Crippen LogP contribution >= 0.6 is 11.3 Å². The zero-order valence-electron chi connectivity index (χ0n) is 15.2. The number of nitrogens with one attached hydrogen (secondary N) is 1. The fourth-order valence-electron chi connectivity index (χ4n) is 2.41. The van der Waals surface area contributed by atoms with Crippen LogP contribution in [0.25, 0.3) is 11.6 Å². The van der Waals surface area contributed by atoms with Gasteiger partial charge in [-0.3, -0.25) is 9.69 Å². The Morgan fingerprint density at radius 2 is 1.80 bits per heavy atom. The van der Waals surface area contributed by atoms with E-state index in [0.29, 0.717) is 42.3 Å². The van der Waals surface area contributed by atoms with Gasteiger partial charge in [0.05, 0.1) is 12.5 Å². The monoisotopic (exact) mass is 433 g/mol. The van der Waals surface area contributed by atoms with Crippen molar-refractivity contribution in [3.05, 3.63) is 35.9 Å². The number of aliphatic carboxylic acids is 2. The third-order valence-corrected chi connectivity index (χ3v) is 4.43. The molecule has 156 valence electrons. The van der Waals surface area contributed by atoms with Crippen LogP contribution in [0.4, 0.5) is 5.13 Å². The fourth-order valence-corrected chi connectivity index (χ4v) is 2.95. The van der Waals surface area contributed by atoms with Gasteiger partial charge in [0.15, 0.2) is 5.13 Å². The maximum Gasteiger partial charge on any atom is 0.414 e. The van der Waals surface area contributed by atoms with Crippen molar-refractivity contribution in [3.8, 4) is 11.6 Å². The molecule has 3 aromatic rings. The molecule has 1 aliphatic rings. The van der Waals surface area contributed by atoms with Crippen LogP contribution in [0.2, 0.25) is 0 Å². The maximum absolute atomic E-state index is 11.9. The quantitative estimate of drug-likeness (QED) is 0.464. The van der Waals surface area contributed by atoms with Gasteiger partial charge in [0.25, 0.3) is 0 Å². The van der Waals surface area contributed by atoms with E-state index in [1.165, 1.54) is 11.3 Å². The normalized spacial score (nSPS) is 13.6. The number of rotatable bonds is 5. The molecule has 4 rings (SSSR count). The Morgan fingerprint density at radius 3 is 2.40 bits per heavy atom. The number of hydrogen-bond acceptors (Lipinski definition) is 11. The number of anilines is 1. The summed E-state index contributed by atoms with van der Waals surface area (Å²) in [5, 5.41) is 23.9. The van der Waals surface area contributed by atoms with Crippen LogP contribution in [0.5, 0.6) is 0 Å². The van der Waals surface area contributed by atoms with Crippen LogP contribution in [0.15, 0.2) is 34.6 Å². The number of aromatic nitrogens is 5. The van der Waals surface area contributed by atoms with Crippen LogP contribution in [-0.4, -0.2) is 77.7 Å². The first-order valence-corrected chi connectivity index (χ1v) is 9.29. The molecular weight excluding hydrogens is 418 g/mol. The van der Waals surface area contributed by atoms with Crippen LogP contribution in [0.3, 0.4) is 0 Å². The Labute approximate surface area is 172 Å². The molecule has 1 saturated heterocycles. The van der Waals surface area contributed by atoms with Gasteiger partial charge in [-0.05, 0) is 6.07 Å². The average molecular weight is 433 g/mol. The summed E-state index contributed by atoms with van der Waals surface area (Å²) < 4.78 is 5.28. The molecule has 1 aliphatic heterocycles. The average Bonchev–Trinajstić information content (AvgIpc) is 3.37. The zero-order chi connectivity index (χ0) is 21.5. The van der Waals surface area contributed by atoms with Crippen molar-refractivity contribution in [2.75, 3.05) is 25.0 Å². The summed E-state index contributed by atoms with van der Waals surface area (Å²) in [7, 11) is 0. The van der Waals surface area contributed by atoms with Crippen LogP contribution in [-0.2, 0) is 14.4 Å². The molecule has 13 nitrogen and oxygen atoms in total. The molecule has 1 amide bonds. The molecule has 3 aromatic heterocycles. The first-order valence-electron chi connectivity index (χ1n) is 8.41. The predicted molar refractivity (Wildman–Crippen MR) is 101 cm³/mol. The Hall–Kier alpha value is -3.78. The van der Waals surface area contributed by atoms with Gasteiger partial charge in [0.2, 0.25) is 23.4 Å². The van der Waals surface area contributed by atoms with Gasteiger partial charge in [0, 0.05) is 37.1 Å². The number of hydrogen-bond donors (Lipinski definition) is 3. The third-order valence-electron chi connectivity index (χ3n) is 3.74. The minimum atomic E-state index is -1.82. The van der Waals surface area contributed by atoms with E-state index < -0.39 is 11.9 Å².